The number of carbonyl (C=O) groups is 1. The van der Waals surface area contributed by atoms with Crippen LogP contribution in [0.25, 0.3) is 0 Å². The number of thiazole rings is 1. The Hall–Kier alpha value is -2.67. The van der Waals surface area contributed by atoms with Crippen molar-refractivity contribution in [1.82, 2.24) is 25.0 Å². The molecule has 0 fully saturated rings. The van der Waals surface area contributed by atoms with Crippen molar-refractivity contribution >= 4 is 17.4 Å². The molecule has 1 N–H and O–H groups in total. The lowest BCUT2D eigenvalue weighted by molar-refractivity contribution is 0.193. The summed E-state index contributed by atoms with van der Waals surface area (Å²) in [6.45, 7) is 7.19. The van der Waals surface area contributed by atoms with Gasteiger partial charge in [0.25, 0.3) is 0 Å². The van der Waals surface area contributed by atoms with E-state index in [0.717, 1.165) is 21.1 Å². The van der Waals surface area contributed by atoms with Crippen LogP contribution in [0.15, 0.2) is 42.7 Å². The van der Waals surface area contributed by atoms with E-state index in [4.69, 9.17) is 0 Å². The summed E-state index contributed by atoms with van der Waals surface area (Å²) < 4.78 is 1.88. The van der Waals surface area contributed by atoms with Crippen molar-refractivity contribution in [1.29, 1.82) is 0 Å². The summed E-state index contributed by atoms with van der Waals surface area (Å²) in [5.41, 5.74) is 3.13. The van der Waals surface area contributed by atoms with E-state index in [2.05, 4.69) is 27.5 Å². The molecule has 27 heavy (non-hydrogen) atoms. The highest BCUT2D eigenvalue weighted by molar-refractivity contribution is 7.11. The lowest BCUT2D eigenvalue weighted by Gasteiger charge is -2.24. The summed E-state index contributed by atoms with van der Waals surface area (Å²) >= 11 is 1.66. The van der Waals surface area contributed by atoms with E-state index in [0.29, 0.717) is 13.1 Å². The van der Waals surface area contributed by atoms with E-state index >= 15 is 0 Å². The maximum atomic E-state index is 12.5. The minimum absolute atomic E-state index is 0.0734. The number of nitrogens with zero attached hydrogens (tertiary/aromatic N) is 4. The third-order valence-electron chi connectivity index (χ3n) is 4.55. The number of nitrogens with one attached hydrogen (secondary N) is 1. The second kappa shape index (κ2) is 8.35. The van der Waals surface area contributed by atoms with Crippen LogP contribution in [0.2, 0.25) is 0 Å². The Morgan fingerprint density at radius 1 is 1.26 bits per heavy atom. The van der Waals surface area contributed by atoms with Crippen LogP contribution in [-0.4, -0.2) is 32.7 Å². The Labute approximate surface area is 163 Å². The smallest absolute Gasteiger partial charge is 0.317 e. The second-order valence-corrected chi connectivity index (χ2v) is 8.06. The molecule has 0 aliphatic heterocycles. The summed E-state index contributed by atoms with van der Waals surface area (Å²) in [4.78, 5) is 19.9. The molecule has 1 aromatic carbocycles. The molecule has 2 heterocycles. The molecule has 3 rings (SSSR count). The largest absolute Gasteiger partial charge is 0.334 e. The van der Waals surface area contributed by atoms with Gasteiger partial charge in [-0.25, -0.2) is 9.78 Å². The van der Waals surface area contributed by atoms with Crippen molar-refractivity contribution in [2.75, 3.05) is 7.05 Å². The lowest BCUT2D eigenvalue weighted by atomic mass is 10.2. The third-order valence-corrected chi connectivity index (χ3v) is 5.46. The SMILES string of the molecule is Cc1nc([C@@H](C)N(C)C(=O)NCc2cnn(Cc3ccccc3)c2)c(C)s1. The Morgan fingerprint density at radius 2 is 2.00 bits per heavy atom. The van der Waals surface area contributed by atoms with Crippen LogP contribution in [-0.2, 0) is 13.1 Å². The monoisotopic (exact) mass is 383 g/mol. The quantitative estimate of drug-likeness (QED) is 0.702. The number of amides is 2. The van der Waals surface area contributed by atoms with Crippen molar-refractivity contribution in [3.8, 4) is 0 Å². The van der Waals surface area contributed by atoms with Crippen molar-refractivity contribution < 1.29 is 4.79 Å². The number of urea groups is 1. The Balaban J connectivity index is 1.55. The molecule has 0 saturated heterocycles. The summed E-state index contributed by atoms with van der Waals surface area (Å²) in [5, 5.41) is 8.36. The molecule has 1 atom stereocenters. The zero-order valence-electron chi connectivity index (χ0n) is 16.1. The van der Waals surface area contributed by atoms with Gasteiger partial charge >= 0.3 is 6.03 Å². The average Bonchev–Trinajstić information content (AvgIpc) is 3.24. The van der Waals surface area contributed by atoms with Crippen LogP contribution in [0.1, 0.15) is 39.7 Å². The van der Waals surface area contributed by atoms with Gasteiger partial charge in [0.2, 0.25) is 0 Å². The average molecular weight is 384 g/mol. The predicted octanol–water partition coefficient (Wildman–Crippen LogP) is 3.91. The highest BCUT2D eigenvalue weighted by Gasteiger charge is 2.21. The van der Waals surface area contributed by atoms with Crippen LogP contribution in [0.4, 0.5) is 4.79 Å². The first kappa shape index (κ1) is 19.1. The summed E-state index contributed by atoms with van der Waals surface area (Å²) in [6, 6.07) is 9.98. The van der Waals surface area contributed by atoms with Crippen LogP contribution in [0.5, 0.6) is 0 Å². The highest BCUT2D eigenvalue weighted by atomic mass is 32.1. The number of aryl methyl sites for hydroxylation is 2. The molecule has 2 amide bonds. The first-order valence-corrected chi connectivity index (χ1v) is 9.75. The van der Waals surface area contributed by atoms with Gasteiger partial charge in [-0.2, -0.15) is 5.10 Å². The first-order chi connectivity index (χ1) is 12.9. The molecule has 0 aliphatic rings. The van der Waals surface area contributed by atoms with E-state index in [-0.39, 0.29) is 12.1 Å². The van der Waals surface area contributed by atoms with Gasteiger partial charge in [0.1, 0.15) is 0 Å². The van der Waals surface area contributed by atoms with Crippen LogP contribution in [0.3, 0.4) is 0 Å². The molecule has 0 radical (unpaired) electrons. The van der Waals surface area contributed by atoms with Gasteiger partial charge in [-0.05, 0) is 26.3 Å². The maximum absolute atomic E-state index is 12.5. The summed E-state index contributed by atoms with van der Waals surface area (Å²) in [7, 11) is 1.80. The molecular formula is C20H25N5OS. The van der Waals surface area contributed by atoms with Gasteiger partial charge < -0.3 is 10.2 Å². The fourth-order valence-electron chi connectivity index (χ4n) is 2.95. The third kappa shape index (κ3) is 4.74. The molecule has 142 valence electrons. The zero-order chi connectivity index (χ0) is 19.4. The van der Waals surface area contributed by atoms with Crippen LogP contribution in [0, 0.1) is 13.8 Å². The molecule has 3 aromatic rings. The zero-order valence-corrected chi connectivity index (χ0v) is 17.0. The van der Waals surface area contributed by atoms with Gasteiger partial charge in [-0.1, -0.05) is 30.3 Å². The Kier molecular flexibility index (Phi) is 5.91. The predicted molar refractivity (Wildman–Crippen MR) is 108 cm³/mol. The molecule has 0 spiro atoms. The van der Waals surface area contributed by atoms with Crippen molar-refractivity contribution in [3.63, 3.8) is 0 Å². The van der Waals surface area contributed by atoms with Gasteiger partial charge in [0.15, 0.2) is 0 Å². The molecule has 0 unspecified atom stereocenters. The van der Waals surface area contributed by atoms with E-state index in [1.165, 1.54) is 5.56 Å². The molecule has 7 heteroatoms. The minimum atomic E-state index is -0.122. The number of benzene rings is 1. The normalized spacial score (nSPS) is 12.0. The molecule has 6 nitrogen and oxygen atoms in total. The maximum Gasteiger partial charge on any atom is 0.317 e. The van der Waals surface area contributed by atoms with Gasteiger partial charge in [-0.3, -0.25) is 4.68 Å². The fourth-order valence-corrected chi connectivity index (χ4v) is 3.86. The number of hydrogen-bond donors (Lipinski definition) is 1. The van der Waals surface area contributed by atoms with Crippen molar-refractivity contribution in [2.24, 2.45) is 0 Å². The van der Waals surface area contributed by atoms with Gasteiger partial charge in [0, 0.05) is 30.2 Å². The highest BCUT2D eigenvalue weighted by Crippen LogP contribution is 2.25. The first-order valence-electron chi connectivity index (χ1n) is 8.94. The molecular weight excluding hydrogens is 358 g/mol. The number of carbonyl (C=O) groups excluding carboxylic acids is 1. The summed E-state index contributed by atoms with van der Waals surface area (Å²) in [6.07, 6.45) is 3.76. The van der Waals surface area contributed by atoms with Crippen LogP contribution < -0.4 is 5.32 Å². The van der Waals surface area contributed by atoms with E-state index in [1.807, 2.05) is 49.8 Å². The van der Waals surface area contributed by atoms with Gasteiger partial charge in [-0.15, -0.1) is 11.3 Å². The Morgan fingerprint density at radius 3 is 2.67 bits per heavy atom. The molecule has 2 aromatic heterocycles. The molecule has 0 bridgehead atoms. The van der Waals surface area contributed by atoms with Crippen molar-refractivity contribution in [3.05, 3.63) is 69.4 Å². The molecule has 0 saturated carbocycles. The standard InChI is InChI=1S/C20H25N5OS/c1-14(19-15(2)27-16(3)23-19)24(4)20(26)21-10-18-11-22-25(13-18)12-17-8-6-5-7-9-17/h5-9,11,13-14H,10,12H2,1-4H3,(H,21,26)/t14-/m1/s1. The number of aromatic nitrogens is 3. The lowest BCUT2D eigenvalue weighted by Crippen LogP contribution is -2.38. The number of rotatable bonds is 6. The van der Waals surface area contributed by atoms with E-state index in [9.17, 15) is 4.79 Å². The molecule has 0 aliphatic carbocycles. The summed E-state index contributed by atoms with van der Waals surface area (Å²) in [5.74, 6) is 0. The van der Waals surface area contributed by atoms with Gasteiger partial charge in [0.05, 0.1) is 29.5 Å². The fraction of sp³-hybridized carbons (Fsp3) is 0.350. The van der Waals surface area contributed by atoms with Crippen molar-refractivity contribution in [2.45, 2.75) is 39.9 Å². The van der Waals surface area contributed by atoms with E-state index < -0.39 is 0 Å². The Bertz CT molecular complexity index is 902. The second-order valence-electron chi connectivity index (χ2n) is 6.65. The number of hydrogen-bond acceptors (Lipinski definition) is 4. The van der Waals surface area contributed by atoms with E-state index in [1.54, 1.807) is 29.5 Å². The van der Waals surface area contributed by atoms with Crippen LogP contribution >= 0.6 is 11.3 Å². The minimum Gasteiger partial charge on any atom is -0.334 e. The topological polar surface area (TPSA) is 63.1 Å².